The monoisotopic (exact) mass is 386 g/mol. The summed E-state index contributed by atoms with van der Waals surface area (Å²) in [5, 5.41) is 20.1. The van der Waals surface area contributed by atoms with Crippen molar-refractivity contribution in [1.29, 1.82) is 5.26 Å². The zero-order valence-corrected chi connectivity index (χ0v) is 15.3. The Morgan fingerprint density at radius 1 is 1.24 bits per heavy atom. The summed E-state index contributed by atoms with van der Waals surface area (Å²) in [4.78, 5) is 27.6. The number of aromatic nitrogens is 5. The zero-order chi connectivity index (χ0) is 20.5. The highest BCUT2D eigenvalue weighted by molar-refractivity contribution is 5.88. The van der Waals surface area contributed by atoms with Gasteiger partial charge >= 0.3 is 0 Å². The maximum absolute atomic E-state index is 11.0. The largest absolute Gasteiger partial charge is 0.368 e. The van der Waals surface area contributed by atoms with Gasteiger partial charge < -0.3 is 10.3 Å². The molecule has 10 heteroatoms. The molecule has 4 rings (SSSR count). The number of nitrogen functional groups attached to an aromatic ring is 1. The smallest absolute Gasteiger partial charge is 0.272 e. The molecule has 0 aliphatic heterocycles. The molecule has 0 saturated heterocycles. The highest BCUT2D eigenvalue weighted by Gasteiger charge is 2.16. The third kappa shape index (κ3) is 3.32. The van der Waals surface area contributed by atoms with Crippen molar-refractivity contribution in [1.82, 2.24) is 24.5 Å². The van der Waals surface area contributed by atoms with Crippen LogP contribution in [0.1, 0.15) is 16.8 Å². The van der Waals surface area contributed by atoms with Crippen LogP contribution in [0.15, 0.2) is 42.9 Å². The molecular formula is C19H14N8O2. The number of aryl methyl sites for hydroxylation is 1. The van der Waals surface area contributed by atoms with Gasteiger partial charge in [-0.25, -0.2) is 15.0 Å². The molecule has 0 saturated carbocycles. The first-order chi connectivity index (χ1) is 14.0. The van der Waals surface area contributed by atoms with Crippen molar-refractivity contribution in [2.24, 2.45) is 0 Å². The van der Waals surface area contributed by atoms with Crippen LogP contribution in [0.25, 0.3) is 22.4 Å². The molecule has 0 amide bonds. The Bertz CT molecular complexity index is 1310. The van der Waals surface area contributed by atoms with Gasteiger partial charge in [0.1, 0.15) is 23.0 Å². The molecule has 2 N–H and O–H groups in total. The Balaban J connectivity index is 1.78. The minimum atomic E-state index is -0.407. The van der Waals surface area contributed by atoms with Crippen LogP contribution < -0.4 is 5.73 Å². The molecule has 3 aromatic heterocycles. The molecule has 0 aliphatic carbocycles. The number of nitro groups is 1. The second kappa shape index (κ2) is 6.97. The lowest BCUT2D eigenvalue weighted by Crippen LogP contribution is -2.04. The Kier molecular flexibility index (Phi) is 4.33. The molecule has 1 aromatic carbocycles. The number of anilines is 1. The fraction of sp³-hybridized carbons (Fsp3) is 0.105. The van der Waals surface area contributed by atoms with E-state index < -0.39 is 4.92 Å². The van der Waals surface area contributed by atoms with Crippen LogP contribution in [0.5, 0.6) is 0 Å². The summed E-state index contributed by atoms with van der Waals surface area (Å²) >= 11 is 0. The minimum absolute atomic E-state index is 0.0732. The van der Waals surface area contributed by atoms with Gasteiger partial charge in [0.25, 0.3) is 5.69 Å². The number of nitro benzene ring substituents is 1. The van der Waals surface area contributed by atoms with Gasteiger partial charge in [-0.3, -0.25) is 10.1 Å². The molecule has 29 heavy (non-hydrogen) atoms. The van der Waals surface area contributed by atoms with E-state index >= 15 is 0 Å². The molecule has 4 aromatic rings. The molecule has 0 atom stereocenters. The highest BCUT2D eigenvalue weighted by atomic mass is 16.6. The number of imidazole rings is 1. The Morgan fingerprint density at radius 3 is 2.79 bits per heavy atom. The van der Waals surface area contributed by atoms with Gasteiger partial charge in [0.05, 0.1) is 17.8 Å². The third-order valence-corrected chi connectivity index (χ3v) is 4.44. The first-order valence-electron chi connectivity index (χ1n) is 8.55. The summed E-state index contributed by atoms with van der Waals surface area (Å²) in [6.07, 6.45) is 3.14. The fourth-order valence-electron chi connectivity index (χ4n) is 3.13. The maximum Gasteiger partial charge on any atom is 0.272 e. The summed E-state index contributed by atoms with van der Waals surface area (Å²) in [7, 11) is 0. The molecule has 10 nitrogen and oxygen atoms in total. The van der Waals surface area contributed by atoms with Crippen LogP contribution >= 0.6 is 0 Å². The molecule has 142 valence electrons. The Hall–Kier alpha value is -4.39. The SMILES string of the molecule is Cc1cc(Cn2cnc3c(-c4ccnc(C#N)c4)nc(N)nc32)ccc1[N+](=O)[O-]. The quantitative estimate of drug-likeness (QED) is 0.415. The topological polar surface area (TPSA) is 149 Å². The van der Waals surface area contributed by atoms with Gasteiger partial charge in [0.2, 0.25) is 5.95 Å². The zero-order valence-electron chi connectivity index (χ0n) is 15.3. The number of hydrogen-bond donors (Lipinski definition) is 1. The number of nitrogens with two attached hydrogens (primary N) is 1. The van der Waals surface area contributed by atoms with Crippen LogP contribution in [0.2, 0.25) is 0 Å². The summed E-state index contributed by atoms with van der Waals surface area (Å²) < 4.78 is 1.80. The lowest BCUT2D eigenvalue weighted by atomic mass is 10.1. The average Bonchev–Trinajstić information content (AvgIpc) is 3.09. The number of rotatable bonds is 4. The van der Waals surface area contributed by atoms with Crippen molar-refractivity contribution < 1.29 is 4.92 Å². The van der Waals surface area contributed by atoms with E-state index in [0.717, 1.165) is 5.56 Å². The molecule has 0 bridgehead atoms. The van der Waals surface area contributed by atoms with Crippen LogP contribution in [0.3, 0.4) is 0 Å². The minimum Gasteiger partial charge on any atom is -0.368 e. The standard InChI is InChI=1S/C19H14N8O2/c1-11-6-12(2-3-15(11)27(28)29)9-26-10-23-17-16(24-19(21)25-18(17)26)13-4-5-22-14(7-13)8-20/h2-7,10H,9H2,1H3,(H2,21,24,25). The van der Waals surface area contributed by atoms with Crippen molar-refractivity contribution in [2.45, 2.75) is 13.5 Å². The van der Waals surface area contributed by atoms with Crippen LogP contribution in [0, 0.1) is 28.4 Å². The fourth-order valence-corrected chi connectivity index (χ4v) is 3.13. The van der Waals surface area contributed by atoms with Crippen LogP contribution in [-0.4, -0.2) is 29.4 Å². The number of pyridine rings is 1. The van der Waals surface area contributed by atoms with Gasteiger partial charge in [-0.1, -0.05) is 6.07 Å². The van der Waals surface area contributed by atoms with E-state index in [-0.39, 0.29) is 17.3 Å². The van der Waals surface area contributed by atoms with Crippen molar-refractivity contribution in [2.75, 3.05) is 5.73 Å². The predicted octanol–water partition coefficient (Wildman–Crippen LogP) is 2.61. The normalized spacial score (nSPS) is 10.8. The van der Waals surface area contributed by atoms with E-state index in [9.17, 15) is 10.1 Å². The first kappa shape index (κ1) is 18.0. The van der Waals surface area contributed by atoms with Gasteiger partial charge in [0, 0.05) is 23.4 Å². The molecule has 3 heterocycles. The van der Waals surface area contributed by atoms with E-state index in [1.165, 1.54) is 12.3 Å². The Morgan fingerprint density at radius 2 is 2.07 bits per heavy atom. The summed E-state index contributed by atoms with van der Waals surface area (Å²) in [5.74, 6) is 0.0736. The molecule has 0 radical (unpaired) electrons. The number of hydrogen-bond acceptors (Lipinski definition) is 8. The van der Waals surface area contributed by atoms with Crippen LogP contribution in [-0.2, 0) is 6.54 Å². The Labute approximate surface area is 164 Å². The molecular weight excluding hydrogens is 372 g/mol. The second-order valence-corrected chi connectivity index (χ2v) is 6.39. The number of fused-ring (bicyclic) bond motifs is 1. The van der Waals surface area contributed by atoms with E-state index in [1.54, 1.807) is 42.1 Å². The summed E-state index contributed by atoms with van der Waals surface area (Å²) in [6.45, 7) is 2.10. The van der Waals surface area contributed by atoms with Gasteiger partial charge in [-0.2, -0.15) is 10.2 Å². The summed E-state index contributed by atoms with van der Waals surface area (Å²) in [6, 6.07) is 10.3. The van der Waals surface area contributed by atoms with Crippen molar-refractivity contribution in [3.63, 3.8) is 0 Å². The molecule has 0 aliphatic rings. The summed E-state index contributed by atoms with van der Waals surface area (Å²) in [5.41, 5.74) is 9.91. The van der Waals surface area contributed by atoms with Gasteiger partial charge in [-0.05, 0) is 30.7 Å². The van der Waals surface area contributed by atoms with E-state index in [2.05, 4.69) is 19.9 Å². The predicted molar refractivity (Wildman–Crippen MR) is 105 cm³/mol. The average molecular weight is 386 g/mol. The van der Waals surface area contributed by atoms with E-state index in [1.807, 2.05) is 6.07 Å². The van der Waals surface area contributed by atoms with E-state index in [0.29, 0.717) is 34.5 Å². The molecule has 0 fully saturated rings. The lowest BCUT2D eigenvalue weighted by molar-refractivity contribution is -0.385. The lowest BCUT2D eigenvalue weighted by Gasteiger charge is -2.07. The van der Waals surface area contributed by atoms with Gasteiger partial charge in [-0.15, -0.1) is 0 Å². The van der Waals surface area contributed by atoms with Gasteiger partial charge in [0.15, 0.2) is 5.65 Å². The third-order valence-electron chi connectivity index (χ3n) is 4.44. The number of nitrogens with zero attached hydrogens (tertiary/aromatic N) is 7. The second-order valence-electron chi connectivity index (χ2n) is 6.39. The first-order valence-corrected chi connectivity index (χ1v) is 8.55. The maximum atomic E-state index is 11.0. The van der Waals surface area contributed by atoms with Crippen molar-refractivity contribution >= 4 is 22.8 Å². The van der Waals surface area contributed by atoms with Crippen LogP contribution in [0.4, 0.5) is 11.6 Å². The van der Waals surface area contributed by atoms with E-state index in [4.69, 9.17) is 11.0 Å². The van der Waals surface area contributed by atoms with Crippen molar-refractivity contribution in [3.05, 3.63) is 69.8 Å². The number of nitriles is 1. The highest BCUT2D eigenvalue weighted by Crippen LogP contribution is 2.27. The number of benzene rings is 1. The molecule has 0 spiro atoms. The molecule has 0 unspecified atom stereocenters. The van der Waals surface area contributed by atoms with Crippen molar-refractivity contribution in [3.8, 4) is 17.3 Å².